The molecule has 2 heterocycles. The van der Waals surface area contributed by atoms with Crippen LogP contribution in [-0.2, 0) is 14.8 Å². The number of nitrogens with zero attached hydrogens (tertiary/aromatic N) is 1. The zero-order valence-electron chi connectivity index (χ0n) is 16.0. The van der Waals surface area contributed by atoms with Crippen LogP contribution in [0.4, 0.5) is 0 Å². The lowest BCUT2D eigenvalue weighted by Crippen LogP contribution is -2.51. The molecule has 0 spiro atoms. The molecule has 2 saturated heterocycles. The molecule has 1 aromatic carbocycles. The van der Waals surface area contributed by atoms with Gasteiger partial charge in [-0.05, 0) is 58.2 Å². The van der Waals surface area contributed by atoms with Crippen molar-refractivity contribution in [1.29, 1.82) is 0 Å². The molecule has 1 aromatic rings. The summed E-state index contributed by atoms with van der Waals surface area (Å²) in [6.45, 7) is 5.70. The highest BCUT2D eigenvalue weighted by molar-refractivity contribution is 7.89. The molecule has 3 atom stereocenters. The first-order valence-electron chi connectivity index (χ1n) is 9.47. The number of rotatable bonds is 4. The third-order valence-electron chi connectivity index (χ3n) is 5.38. The van der Waals surface area contributed by atoms with Crippen LogP contribution >= 0.6 is 12.4 Å². The van der Waals surface area contributed by atoms with Gasteiger partial charge in [-0.3, -0.25) is 4.79 Å². The molecular weight excluding hydrogens is 386 g/mol. The fourth-order valence-electron chi connectivity index (χ4n) is 3.82. The first kappa shape index (κ1) is 22.1. The van der Waals surface area contributed by atoms with E-state index in [1.807, 2.05) is 6.92 Å². The second kappa shape index (κ2) is 9.37. The van der Waals surface area contributed by atoms with Gasteiger partial charge in [-0.25, -0.2) is 8.42 Å². The van der Waals surface area contributed by atoms with Crippen LogP contribution in [0.15, 0.2) is 29.2 Å². The molecule has 8 heteroatoms. The number of amides is 1. The fourth-order valence-corrected chi connectivity index (χ4v) is 5.34. The van der Waals surface area contributed by atoms with E-state index in [4.69, 9.17) is 0 Å². The molecule has 27 heavy (non-hydrogen) atoms. The minimum absolute atomic E-state index is 0. The van der Waals surface area contributed by atoms with E-state index < -0.39 is 10.0 Å². The van der Waals surface area contributed by atoms with Crippen molar-refractivity contribution in [2.45, 2.75) is 56.5 Å². The third kappa shape index (κ3) is 5.44. The molecule has 0 bridgehead atoms. The SMILES string of the molecule is Cc1ccc(S(=O)(=O)N2CCCC(C(=O)NC3CCNC(C)C3)C2)cc1.Cl. The quantitative estimate of drug-likeness (QED) is 0.789. The molecule has 3 unspecified atom stereocenters. The van der Waals surface area contributed by atoms with Gasteiger partial charge in [0.25, 0.3) is 0 Å². The van der Waals surface area contributed by atoms with Crippen molar-refractivity contribution in [1.82, 2.24) is 14.9 Å². The lowest BCUT2D eigenvalue weighted by atomic mass is 9.96. The van der Waals surface area contributed by atoms with Gasteiger partial charge in [0.1, 0.15) is 0 Å². The number of benzene rings is 1. The van der Waals surface area contributed by atoms with Crippen molar-refractivity contribution in [3.8, 4) is 0 Å². The van der Waals surface area contributed by atoms with Gasteiger partial charge in [-0.1, -0.05) is 17.7 Å². The van der Waals surface area contributed by atoms with Crippen LogP contribution in [0.25, 0.3) is 0 Å². The Kier molecular flexibility index (Phi) is 7.68. The Labute approximate surface area is 168 Å². The van der Waals surface area contributed by atoms with Gasteiger partial charge < -0.3 is 10.6 Å². The van der Waals surface area contributed by atoms with E-state index in [0.717, 1.165) is 31.4 Å². The predicted octanol–water partition coefficient (Wildman–Crippen LogP) is 2.07. The fraction of sp³-hybridized carbons (Fsp3) is 0.632. The van der Waals surface area contributed by atoms with Crippen molar-refractivity contribution < 1.29 is 13.2 Å². The summed E-state index contributed by atoms with van der Waals surface area (Å²) in [6.07, 6.45) is 3.30. The van der Waals surface area contributed by atoms with Crippen molar-refractivity contribution in [3.05, 3.63) is 29.8 Å². The predicted molar refractivity (Wildman–Crippen MR) is 109 cm³/mol. The summed E-state index contributed by atoms with van der Waals surface area (Å²) in [5.41, 5.74) is 1.02. The summed E-state index contributed by atoms with van der Waals surface area (Å²) < 4.78 is 27.2. The van der Waals surface area contributed by atoms with Crippen LogP contribution in [-0.4, -0.2) is 50.3 Å². The molecule has 3 rings (SSSR count). The van der Waals surface area contributed by atoms with Crippen LogP contribution < -0.4 is 10.6 Å². The number of halogens is 1. The molecule has 2 N–H and O–H groups in total. The first-order valence-corrected chi connectivity index (χ1v) is 10.9. The summed E-state index contributed by atoms with van der Waals surface area (Å²) in [6, 6.07) is 7.48. The van der Waals surface area contributed by atoms with Gasteiger partial charge in [-0.15, -0.1) is 12.4 Å². The van der Waals surface area contributed by atoms with Crippen LogP contribution in [0.5, 0.6) is 0 Å². The van der Waals surface area contributed by atoms with Gasteiger partial charge in [0, 0.05) is 25.2 Å². The molecule has 6 nitrogen and oxygen atoms in total. The van der Waals surface area contributed by atoms with Gasteiger partial charge in [0.15, 0.2) is 0 Å². The van der Waals surface area contributed by atoms with E-state index >= 15 is 0 Å². The van der Waals surface area contributed by atoms with Crippen LogP contribution in [0.1, 0.15) is 38.2 Å². The molecule has 0 aliphatic carbocycles. The number of nitrogens with one attached hydrogen (secondary N) is 2. The Balaban J connectivity index is 0.00000261. The van der Waals surface area contributed by atoms with Crippen molar-refractivity contribution >= 4 is 28.3 Å². The lowest BCUT2D eigenvalue weighted by molar-refractivity contribution is -0.127. The maximum absolute atomic E-state index is 12.9. The van der Waals surface area contributed by atoms with Gasteiger partial charge >= 0.3 is 0 Å². The normalized spacial score (nSPS) is 26.8. The van der Waals surface area contributed by atoms with Crippen LogP contribution in [0.3, 0.4) is 0 Å². The molecule has 0 aromatic heterocycles. The number of aryl methyl sites for hydroxylation is 1. The summed E-state index contributed by atoms with van der Waals surface area (Å²) in [4.78, 5) is 13.0. The van der Waals surface area contributed by atoms with E-state index in [-0.39, 0.29) is 36.8 Å². The molecule has 1 amide bonds. The summed E-state index contributed by atoms with van der Waals surface area (Å²) >= 11 is 0. The second-order valence-corrected chi connectivity index (χ2v) is 9.54. The smallest absolute Gasteiger partial charge is 0.243 e. The molecule has 0 saturated carbocycles. The van der Waals surface area contributed by atoms with E-state index in [1.54, 1.807) is 24.3 Å². The number of piperidine rings is 2. The zero-order valence-corrected chi connectivity index (χ0v) is 17.6. The highest BCUT2D eigenvalue weighted by Gasteiger charge is 2.34. The van der Waals surface area contributed by atoms with Crippen molar-refractivity contribution in [3.63, 3.8) is 0 Å². The number of sulfonamides is 1. The van der Waals surface area contributed by atoms with Crippen LogP contribution in [0.2, 0.25) is 0 Å². The van der Waals surface area contributed by atoms with Gasteiger partial charge in [0.2, 0.25) is 15.9 Å². The average Bonchev–Trinajstić information content (AvgIpc) is 2.62. The minimum atomic E-state index is -3.54. The molecule has 2 aliphatic heterocycles. The van der Waals surface area contributed by atoms with E-state index in [1.165, 1.54) is 4.31 Å². The first-order chi connectivity index (χ1) is 12.4. The largest absolute Gasteiger partial charge is 0.353 e. The molecule has 2 aliphatic rings. The van der Waals surface area contributed by atoms with Crippen molar-refractivity contribution in [2.24, 2.45) is 5.92 Å². The second-order valence-electron chi connectivity index (χ2n) is 7.60. The number of hydrogen-bond acceptors (Lipinski definition) is 4. The standard InChI is InChI=1S/C19H29N3O3S.ClH/c1-14-5-7-18(8-6-14)26(24,25)22-11-3-4-16(13-22)19(23)21-17-9-10-20-15(2)12-17;/h5-8,15-17,20H,3-4,9-13H2,1-2H3,(H,21,23);1H. The van der Waals surface area contributed by atoms with Crippen LogP contribution in [0, 0.1) is 12.8 Å². The Hall–Kier alpha value is -1.15. The summed E-state index contributed by atoms with van der Waals surface area (Å²) in [5.74, 6) is -0.276. The molecule has 0 radical (unpaired) electrons. The maximum atomic E-state index is 12.9. The Morgan fingerprint density at radius 2 is 1.93 bits per heavy atom. The summed E-state index contributed by atoms with van der Waals surface area (Å²) in [7, 11) is -3.54. The lowest BCUT2D eigenvalue weighted by Gasteiger charge is -2.34. The van der Waals surface area contributed by atoms with Gasteiger partial charge in [-0.2, -0.15) is 4.31 Å². The molecule has 2 fully saturated rings. The number of hydrogen-bond donors (Lipinski definition) is 2. The maximum Gasteiger partial charge on any atom is 0.243 e. The van der Waals surface area contributed by atoms with E-state index in [0.29, 0.717) is 23.9 Å². The molecular formula is C19H30ClN3O3S. The minimum Gasteiger partial charge on any atom is -0.353 e. The number of carbonyl (C=O) groups is 1. The highest BCUT2D eigenvalue weighted by atomic mass is 35.5. The average molecular weight is 416 g/mol. The van der Waals surface area contributed by atoms with E-state index in [9.17, 15) is 13.2 Å². The van der Waals surface area contributed by atoms with E-state index in [2.05, 4.69) is 17.6 Å². The highest BCUT2D eigenvalue weighted by Crippen LogP contribution is 2.24. The van der Waals surface area contributed by atoms with Gasteiger partial charge in [0.05, 0.1) is 10.8 Å². The Bertz CT molecular complexity index is 739. The van der Waals surface area contributed by atoms with Crippen molar-refractivity contribution in [2.75, 3.05) is 19.6 Å². The zero-order chi connectivity index (χ0) is 18.7. The third-order valence-corrected chi connectivity index (χ3v) is 7.26. The Morgan fingerprint density at radius 3 is 2.59 bits per heavy atom. The molecule has 152 valence electrons. The Morgan fingerprint density at radius 1 is 1.22 bits per heavy atom. The topological polar surface area (TPSA) is 78.5 Å². The monoisotopic (exact) mass is 415 g/mol. The summed E-state index contributed by atoms with van der Waals surface area (Å²) in [5, 5.41) is 6.51. The number of carbonyl (C=O) groups excluding carboxylic acids is 1.